The van der Waals surface area contributed by atoms with Gasteiger partial charge in [0, 0.05) is 17.3 Å². The highest BCUT2D eigenvalue weighted by atomic mass is 35.5. The lowest BCUT2D eigenvalue weighted by atomic mass is 10.2. The zero-order valence-corrected chi connectivity index (χ0v) is 11.2. The maximum atomic E-state index is 11.7. The van der Waals surface area contributed by atoms with Gasteiger partial charge in [-0.25, -0.2) is 0 Å². The summed E-state index contributed by atoms with van der Waals surface area (Å²) in [6.07, 6.45) is 0. The number of carbonyl (C=O) groups excluding carboxylic acids is 1. The van der Waals surface area contributed by atoms with Gasteiger partial charge >= 0.3 is 0 Å². The van der Waals surface area contributed by atoms with Gasteiger partial charge in [-0.15, -0.1) is 0 Å². The van der Waals surface area contributed by atoms with Crippen molar-refractivity contribution in [1.29, 1.82) is 0 Å². The van der Waals surface area contributed by atoms with Crippen LogP contribution in [0.15, 0.2) is 54.6 Å². The van der Waals surface area contributed by atoms with E-state index in [9.17, 15) is 4.79 Å². The molecular formula is C15H15ClN2O. The zero-order valence-electron chi connectivity index (χ0n) is 10.4. The number of benzene rings is 2. The van der Waals surface area contributed by atoms with E-state index >= 15 is 0 Å². The van der Waals surface area contributed by atoms with Crippen LogP contribution in [0.4, 0.5) is 5.69 Å². The maximum absolute atomic E-state index is 11.7. The zero-order chi connectivity index (χ0) is 13.5. The fraction of sp³-hybridized carbons (Fsp3) is 0.133. The van der Waals surface area contributed by atoms with Crippen molar-refractivity contribution >= 4 is 23.2 Å². The lowest BCUT2D eigenvalue weighted by molar-refractivity contribution is -0.119. The van der Waals surface area contributed by atoms with Crippen LogP contribution in [-0.4, -0.2) is 12.5 Å². The van der Waals surface area contributed by atoms with Crippen molar-refractivity contribution in [2.75, 3.05) is 11.9 Å². The van der Waals surface area contributed by atoms with E-state index in [4.69, 9.17) is 11.6 Å². The molecule has 0 radical (unpaired) electrons. The van der Waals surface area contributed by atoms with Crippen LogP contribution < -0.4 is 10.6 Å². The molecule has 4 heteroatoms. The first kappa shape index (κ1) is 13.4. The van der Waals surface area contributed by atoms with Crippen LogP contribution >= 0.6 is 11.6 Å². The predicted molar refractivity (Wildman–Crippen MR) is 78.2 cm³/mol. The number of carbonyl (C=O) groups is 1. The molecule has 0 aromatic heterocycles. The third-order valence-corrected chi connectivity index (χ3v) is 2.88. The van der Waals surface area contributed by atoms with E-state index in [0.717, 1.165) is 11.3 Å². The maximum Gasteiger partial charge on any atom is 0.239 e. The molecule has 2 N–H and O–H groups in total. The number of hydrogen-bond donors (Lipinski definition) is 2. The summed E-state index contributed by atoms with van der Waals surface area (Å²) in [5.74, 6) is -0.0428. The van der Waals surface area contributed by atoms with Gasteiger partial charge < -0.3 is 10.6 Å². The average molecular weight is 275 g/mol. The van der Waals surface area contributed by atoms with E-state index in [1.165, 1.54) is 0 Å². The lowest BCUT2D eigenvalue weighted by Gasteiger charge is -2.08. The van der Waals surface area contributed by atoms with E-state index in [1.54, 1.807) is 12.1 Å². The van der Waals surface area contributed by atoms with Crippen molar-refractivity contribution in [2.45, 2.75) is 6.54 Å². The van der Waals surface area contributed by atoms with Crippen molar-refractivity contribution in [1.82, 2.24) is 5.32 Å². The van der Waals surface area contributed by atoms with Crippen LogP contribution in [0.2, 0.25) is 5.02 Å². The number of anilines is 1. The summed E-state index contributed by atoms with van der Waals surface area (Å²) in [6, 6.07) is 17.1. The number of nitrogens with one attached hydrogen (secondary N) is 2. The molecule has 0 fully saturated rings. The van der Waals surface area contributed by atoms with Gasteiger partial charge in [-0.2, -0.15) is 0 Å². The quantitative estimate of drug-likeness (QED) is 0.880. The number of hydrogen-bond acceptors (Lipinski definition) is 2. The summed E-state index contributed by atoms with van der Waals surface area (Å²) in [5, 5.41) is 6.57. The van der Waals surface area contributed by atoms with Gasteiger partial charge in [0.05, 0.1) is 6.54 Å². The summed E-state index contributed by atoms with van der Waals surface area (Å²) in [7, 11) is 0. The normalized spacial score (nSPS) is 9.95. The van der Waals surface area contributed by atoms with Crippen LogP contribution in [0, 0.1) is 0 Å². The molecule has 3 nitrogen and oxygen atoms in total. The Morgan fingerprint density at radius 3 is 2.37 bits per heavy atom. The monoisotopic (exact) mass is 274 g/mol. The smallest absolute Gasteiger partial charge is 0.239 e. The van der Waals surface area contributed by atoms with Gasteiger partial charge in [-0.1, -0.05) is 41.9 Å². The average Bonchev–Trinajstić information content (AvgIpc) is 2.45. The Labute approximate surface area is 117 Å². The standard InChI is InChI=1S/C15H15ClN2O/c16-13-6-8-14(9-7-13)17-11-15(19)18-10-12-4-2-1-3-5-12/h1-9,17H,10-11H2,(H,18,19). The number of amides is 1. The Kier molecular flexibility index (Phi) is 4.81. The SMILES string of the molecule is O=C(CNc1ccc(Cl)cc1)NCc1ccccc1. The van der Waals surface area contributed by atoms with Crippen LogP contribution in [0.25, 0.3) is 0 Å². The van der Waals surface area contributed by atoms with Crippen molar-refractivity contribution in [3.05, 3.63) is 65.2 Å². The third-order valence-electron chi connectivity index (χ3n) is 2.63. The molecule has 19 heavy (non-hydrogen) atoms. The van der Waals surface area contributed by atoms with E-state index in [2.05, 4.69) is 10.6 Å². The lowest BCUT2D eigenvalue weighted by Crippen LogP contribution is -2.29. The van der Waals surface area contributed by atoms with Crippen LogP contribution in [0.1, 0.15) is 5.56 Å². The molecular weight excluding hydrogens is 260 g/mol. The highest BCUT2D eigenvalue weighted by Crippen LogP contribution is 2.12. The highest BCUT2D eigenvalue weighted by Gasteiger charge is 2.01. The summed E-state index contributed by atoms with van der Waals surface area (Å²) >= 11 is 5.78. The molecule has 0 saturated heterocycles. The Bertz CT molecular complexity index is 526. The van der Waals surface area contributed by atoms with Gasteiger partial charge in [0.2, 0.25) is 5.91 Å². The van der Waals surface area contributed by atoms with Crippen LogP contribution in [0.3, 0.4) is 0 Å². The van der Waals surface area contributed by atoms with E-state index in [1.807, 2.05) is 42.5 Å². The summed E-state index contributed by atoms with van der Waals surface area (Å²) in [5.41, 5.74) is 1.96. The molecule has 0 unspecified atom stereocenters. The van der Waals surface area contributed by atoms with E-state index in [0.29, 0.717) is 11.6 Å². The molecule has 2 aromatic carbocycles. The Morgan fingerprint density at radius 2 is 1.68 bits per heavy atom. The minimum atomic E-state index is -0.0428. The first-order valence-electron chi connectivity index (χ1n) is 6.04. The second kappa shape index (κ2) is 6.81. The highest BCUT2D eigenvalue weighted by molar-refractivity contribution is 6.30. The minimum Gasteiger partial charge on any atom is -0.376 e. The second-order valence-electron chi connectivity index (χ2n) is 4.12. The number of rotatable bonds is 5. The van der Waals surface area contributed by atoms with Crippen molar-refractivity contribution < 1.29 is 4.79 Å². The Hall–Kier alpha value is -2.00. The van der Waals surface area contributed by atoms with Gasteiger partial charge in [0.25, 0.3) is 0 Å². The minimum absolute atomic E-state index is 0.0428. The molecule has 0 aliphatic rings. The molecule has 98 valence electrons. The summed E-state index contributed by atoms with van der Waals surface area (Å²) in [6.45, 7) is 0.788. The van der Waals surface area contributed by atoms with Crippen molar-refractivity contribution in [3.63, 3.8) is 0 Å². The molecule has 0 aliphatic carbocycles. The molecule has 0 atom stereocenters. The molecule has 0 spiro atoms. The van der Waals surface area contributed by atoms with E-state index in [-0.39, 0.29) is 12.5 Å². The molecule has 0 saturated carbocycles. The van der Waals surface area contributed by atoms with Crippen molar-refractivity contribution in [2.24, 2.45) is 0 Å². The van der Waals surface area contributed by atoms with Crippen LogP contribution in [-0.2, 0) is 11.3 Å². The first-order valence-corrected chi connectivity index (χ1v) is 6.42. The Balaban J connectivity index is 1.74. The van der Waals surface area contributed by atoms with Gasteiger partial charge in [-0.05, 0) is 29.8 Å². The fourth-order valence-corrected chi connectivity index (χ4v) is 1.74. The number of halogens is 1. The molecule has 2 rings (SSSR count). The molecule has 2 aromatic rings. The first-order chi connectivity index (χ1) is 9.24. The topological polar surface area (TPSA) is 41.1 Å². The molecule has 0 aliphatic heterocycles. The van der Waals surface area contributed by atoms with E-state index < -0.39 is 0 Å². The van der Waals surface area contributed by atoms with Gasteiger partial charge in [0.1, 0.15) is 0 Å². The molecule has 0 bridgehead atoms. The van der Waals surface area contributed by atoms with Crippen LogP contribution in [0.5, 0.6) is 0 Å². The summed E-state index contributed by atoms with van der Waals surface area (Å²) < 4.78 is 0. The second-order valence-corrected chi connectivity index (χ2v) is 4.56. The fourth-order valence-electron chi connectivity index (χ4n) is 1.61. The van der Waals surface area contributed by atoms with Crippen molar-refractivity contribution in [3.8, 4) is 0 Å². The summed E-state index contributed by atoms with van der Waals surface area (Å²) in [4.78, 5) is 11.7. The third kappa shape index (κ3) is 4.64. The van der Waals surface area contributed by atoms with Gasteiger partial charge in [0.15, 0.2) is 0 Å². The predicted octanol–water partition coefficient (Wildman–Crippen LogP) is 3.07. The van der Waals surface area contributed by atoms with Gasteiger partial charge in [-0.3, -0.25) is 4.79 Å². The Morgan fingerprint density at radius 1 is 1.00 bits per heavy atom. The molecule has 0 heterocycles. The molecule has 1 amide bonds. The largest absolute Gasteiger partial charge is 0.376 e.